The maximum atomic E-state index is 12.5. The van der Waals surface area contributed by atoms with E-state index in [1.54, 1.807) is 19.2 Å². The molecule has 1 aliphatic carbocycles. The number of nitrogens with zero attached hydrogens (tertiary/aromatic N) is 1. The first-order chi connectivity index (χ1) is 11.9. The van der Waals surface area contributed by atoms with Gasteiger partial charge in [-0.25, -0.2) is 4.79 Å². The van der Waals surface area contributed by atoms with Crippen LogP contribution >= 0.6 is 0 Å². The fourth-order valence-corrected chi connectivity index (χ4v) is 4.06. The van der Waals surface area contributed by atoms with Crippen LogP contribution in [-0.4, -0.2) is 22.2 Å². The van der Waals surface area contributed by atoms with Crippen LogP contribution in [0.25, 0.3) is 11.3 Å². The molecular formula is C20H21NO4. The normalized spacial score (nSPS) is 16.7. The Bertz CT molecular complexity index is 937. The van der Waals surface area contributed by atoms with Crippen LogP contribution in [0.4, 0.5) is 0 Å². The third-order valence-corrected chi connectivity index (χ3v) is 5.56. The Hall–Kier alpha value is -2.56. The van der Waals surface area contributed by atoms with Gasteiger partial charge >= 0.3 is 5.97 Å². The number of rotatable bonds is 2. The molecule has 0 radical (unpaired) electrons. The average molecular weight is 339 g/mol. The first-order valence-electron chi connectivity index (χ1n) is 8.72. The van der Waals surface area contributed by atoms with E-state index in [-0.39, 0.29) is 28.9 Å². The zero-order valence-corrected chi connectivity index (χ0v) is 14.5. The van der Waals surface area contributed by atoms with Gasteiger partial charge in [0.1, 0.15) is 11.3 Å². The van der Waals surface area contributed by atoms with E-state index < -0.39 is 5.97 Å². The Labute approximate surface area is 145 Å². The van der Waals surface area contributed by atoms with Crippen LogP contribution in [0.1, 0.15) is 47.7 Å². The van der Waals surface area contributed by atoms with Gasteiger partial charge in [-0.05, 0) is 62.8 Å². The van der Waals surface area contributed by atoms with Gasteiger partial charge in [0.25, 0.3) is 0 Å². The number of pyridine rings is 1. The largest absolute Gasteiger partial charge is 0.508 e. The number of ether oxygens (including phenoxy) is 1. The minimum atomic E-state index is -0.565. The summed E-state index contributed by atoms with van der Waals surface area (Å²) in [6.07, 6.45) is 5.60. The van der Waals surface area contributed by atoms with E-state index in [4.69, 9.17) is 4.74 Å². The third kappa shape index (κ3) is 2.29. The van der Waals surface area contributed by atoms with Gasteiger partial charge in [0.15, 0.2) is 5.43 Å². The van der Waals surface area contributed by atoms with Gasteiger partial charge < -0.3 is 14.4 Å². The van der Waals surface area contributed by atoms with Gasteiger partial charge in [0, 0.05) is 23.4 Å². The van der Waals surface area contributed by atoms with Gasteiger partial charge in [0.2, 0.25) is 0 Å². The van der Waals surface area contributed by atoms with Crippen LogP contribution in [0.3, 0.4) is 0 Å². The van der Waals surface area contributed by atoms with Crippen molar-refractivity contribution < 1.29 is 14.6 Å². The minimum absolute atomic E-state index is 0.0934. The summed E-state index contributed by atoms with van der Waals surface area (Å²) in [6.45, 7) is 3.82. The lowest BCUT2D eigenvalue weighted by Crippen LogP contribution is -2.46. The van der Waals surface area contributed by atoms with Crippen LogP contribution in [0.15, 0.2) is 29.2 Å². The highest BCUT2D eigenvalue weighted by atomic mass is 16.5. The minimum Gasteiger partial charge on any atom is -0.508 e. The standard InChI is InChI=1S/C20H21NO4/c1-3-25-19(24)15-11-21-16(9-18(15)23)14-7-12(2)17(22)8-13(14)10-20(21)5-4-6-20/h7-9,11,22H,3-6,10H2,1-2H3. The molecule has 2 aliphatic rings. The SMILES string of the molecule is CCOC(=O)c1cn2c(cc1=O)-c1cc(C)c(O)cc1CC21CCC1. The van der Waals surface area contributed by atoms with Crippen molar-refractivity contribution in [3.05, 3.63) is 51.3 Å². The summed E-state index contributed by atoms with van der Waals surface area (Å²) in [5, 5.41) is 10.1. The summed E-state index contributed by atoms with van der Waals surface area (Å²) in [5.74, 6) is -0.280. The van der Waals surface area contributed by atoms with Crippen LogP contribution in [0.2, 0.25) is 0 Å². The van der Waals surface area contributed by atoms with E-state index >= 15 is 0 Å². The molecule has 130 valence electrons. The summed E-state index contributed by atoms with van der Waals surface area (Å²) in [6, 6.07) is 5.28. The number of carbonyl (C=O) groups excluding carboxylic acids is 1. The number of hydrogen-bond acceptors (Lipinski definition) is 4. The first kappa shape index (κ1) is 15.9. The predicted octanol–water partition coefficient (Wildman–Crippen LogP) is 3.14. The second-order valence-corrected chi connectivity index (χ2v) is 7.08. The van der Waals surface area contributed by atoms with Crippen LogP contribution in [0.5, 0.6) is 5.75 Å². The summed E-state index contributed by atoms with van der Waals surface area (Å²) >= 11 is 0. The fraction of sp³-hybridized carbons (Fsp3) is 0.400. The number of esters is 1. The summed E-state index contributed by atoms with van der Waals surface area (Å²) in [5.41, 5.74) is 3.28. The lowest BCUT2D eigenvalue weighted by molar-refractivity contribution is 0.0521. The molecule has 1 saturated carbocycles. The Balaban J connectivity index is 1.96. The maximum Gasteiger partial charge on any atom is 0.343 e. The maximum absolute atomic E-state index is 12.5. The number of carbonyl (C=O) groups is 1. The van der Waals surface area contributed by atoms with Crippen molar-refractivity contribution in [2.24, 2.45) is 0 Å². The highest BCUT2D eigenvalue weighted by Gasteiger charge is 2.43. The lowest BCUT2D eigenvalue weighted by Gasteiger charge is -2.48. The summed E-state index contributed by atoms with van der Waals surface area (Å²) in [4.78, 5) is 24.7. The molecule has 1 fully saturated rings. The number of aryl methyl sites for hydroxylation is 1. The highest BCUT2D eigenvalue weighted by Crippen LogP contribution is 2.49. The van der Waals surface area contributed by atoms with Crippen LogP contribution in [0, 0.1) is 6.92 Å². The Morgan fingerprint density at radius 2 is 2.08 bits per heavy atom. The van der Waals surface area contributed by atoms with Crippen molar-refractivity contribution in [3.8, 4) is 17.0 Å². The third-order valence-electron chi connectivity index (χ3n) is 5.56. The molecule has 0 amide bonds. The van der Waals surface area contributed by atoms with Crippen molar-refractivity contribution in [3.63, 3.8) is 0 Å². The van der Waals surface area contributed by atoms with Crippen LogP contribution < -0.4 is 5.43 Å². The van der Waals surface area contributed by atoms with Crippen molar-refractivity contribution in [1.29, 1.82) is 0 Å². The molecule has 25 heavy (non-hydrogen) atoms. The van der Waals surface area contributed by atoms with Gasteiger partial charge in [-0.3, -0.25) is 4.79 Å². The number of aromatic nitrogens is 1. The molecule has 2 aromatic rings. The van der Waals surface area contributed by atoms with Crippen molar-refractivity contribution in [1.82, 2.24) is 4.57 Å². The smallest absolute Gasteiger partial charge is 0.343 e. The zero-order chi connectivity index (χ0) is 17.8. The Morgan fingerprint density at radius 1 is 1.32 bits per heavy atom. The molecule has 0 unspecified atom stereocenters. The van der Waals surface area contributed by atoms with E-state index in [0.717, 1.165) is 48.1 Å². The molecule has 1 aromatic carbocycles. The number of benzene rings is 1. The number of phenols is 1. The quantitative estimate of drug-likeness (QED) is 0.854. The van der Waals surface area contributed by atoms with E-state index in [2.05, 4.69) is 4.57 Å². The molecule has 1 aromatic heterocycles. The van der Waals surface area contributed by atoms with Gasteiger partial charge in [-0.1, -0.05) is 0 Å². The summed E-state index contributed by atoms with van der Waals surface area (Å²) < 4.78 is 7.14. The molecule has 2 heterocycles. The highest BCUT2D eigenvalue weighted by molar-refractivity contribution is 5.89. The van der Waals surface area contributed by atoms with Crippen LogP contribution in [-0.2, 0) is 16.7 Å². The van der Waals surface area contributed by atoms with E-state index in [1.807, 2.05) is 19.1 Å². The lowest BCUT2D eigenvalue weighted by atomic mass is 9.69. The molecule has 5 nitrogen and oxygen atoms in total. The molecule has 1 spiro atoms. The van der Waals surface area contributed by atoms with Crippen molar-refractivity contribution in [2.75, 3.05) is 6.61 Å². The monoisotopic (exact) mass is 339 g/mol. The molecule has 1 aliphatic heterocycles. The van der Waals surface area contributed by atoms with E-state index in [0.29, 0.717) is 0 Å². The van der Waals surface area contributed by atoms with E-state index in [1.165, 1.54) is 0 Å². The zero-order valence-electron chi connectivity index (χ0n) is 14.5. The Morgan fingerprint density at radius 3 is 2.72 bits per heavy atom. The van der Waals surface area contributed by atoms with E-state index in [9.17, 15) is 14.7 Å². The van der Waals surface area contributed by atoms with Crippen molar-refractivity contribution >= 4 is 5.97 Å². The fourth-order valence-electron chi connectivity index (χ4n) is 4.06. The first-order valence-corrected chi connectivity index (χ1v) is 8.72. The Kier molecular flexibility index (Phi) is 3.49. The topological polar surface area (TPSA) is 68.5 Å². The average Bonchev–Trinajstić information content (AvgIpc) is 2.54. The molecule has 1 N–H and O–H groups in total. The summed E-state index contributed by atoms with van der Waals surface area (Å²) in [7, 11) is 0. The number of hydrogen-bond donors (Lipinski definition) is 1. The predicted molar refractivity (Wildman–Crippen MR) is 94.0 cm³/mol. The molecule has 0 atom stereocenters. The molecule has 5 heteroatoms. The van der Waals surface area contributed by atoms with Gasteiger partial charge in [-0.15, -0.1) is 0 Å². The second-order valence-electron chi connectivity index (χ2n) is 7.08. The van der Waals surface area contributed by atoms with Crippen molar-refractivity contribution in [2.45, 2.75) is 45.1 Å². The molecule has 4 rings (SSSR count). The molecule has 0 saturated heterocycles. The molecular weight excluding hydrogens is 318 g/mol. The molecule has 0 bridgehead atoms. The number of aromatic hydroxyl groups is 1. The van der Waals surface area contributed by atoms with Gasteiger partial charge in [0.05, 0.1) is 12.3 Å². The number of fused-ring (bicyclic) bond motifs is 4. The second kappa shape index (κ2) is 5.48. The van der Waals surface area contributed by atoms with Gasteiger partial charge in [-0.2, -0.15) is 0 Å². The number of phenolic OH excluding ortho intramolecular Hbond substituents is 1.